The van der Waals surface area contributed by atoms with Crippen molar-refractivity contribution in [3.8, 4) is 11.3 Å². The Morgan fingerprint density at radius 2 is 2.00 bits per heavy atom. The van der Waals surface area contributed by atoms with Crippen molar-refractivity contribution in [2.75, 3.05) is 0 Å². The summed E-state index contributed by atoms with van der Waals surface area (Å²) in [6.45, 7) is 3.05. The van der Waals surface area contributed by atoms with Gasteiger partial charge in [-0.1, -0.05) is 0 Å². The van der Waals surface area contributed by atoms with E-state index in [4.69, 9.17) is 0 Å². The third-order valence-corrected chi connectivity index (χ3v) is 2.03. The zero-order valence-corrected chi connectivity index (χ0v) is 7.51. The number of aryl methyl sites for hydroxylation is 1. The number of pyridine rings is 1. The Morgan fingerprint density at radius 3 is 2.69 bits per heavy atom. The molecular formula is C10H11N3. The molecule has 13 heavy (non-hydrogen) atoms. The molecule has 3 heteroatoms. The molecule has 0 atom stereocenters. The highest BCUT2D eigenvalue weighted by Crippen LogP contribution is 2.16. The molecule has 2 aromatic rings. The maximum Gasteiger partial charge on any atom is 0.0950 e. The molecule has 0 radical (unpaired) electrons. The smallest absolute Gasteiger partial charge is 0.0950 e. The van der Waals surface area contributed by atoms with Crippen molar-refractivity contribution in [1.29, 1.82) is 0 Å². The average molecular weight is 173 g/mol. The first-order valence-electron chi connectivity index (χ1n) is 4.32. The molecule has 2 rings (SSSR count). The standard InChI is InChI=1S/C10H11N3/c1-2-13-8-12-7-10(13)9-3-5-11-6-4-9/h3-8H,2H2,1H3. The molecule has 0 N–H and O–H groups in total. The van der Waals surface area contributed by atoms with Gasteiger partial charge in [-0.05, 0) is 19.1 Å². The van der Waals surface area contributed by atoms with Gasteiger partial charge in [-0.3, -0.25) is 4.98 Å². The molecule has 0 aromatic carbocycles. The minimum Gasteiger partial charge on any atom is -0.331 e. The molecular weight excluding hydrogens is 162 g/mol. The topological polar surface area (TPSA) is 30.7 Å². The lowest BCUT2D eigenvalue weighted by Gasteiger charge is -2.03. The molecule has 0 amide bonds. The fraction of sp³-hybridized carbons (Fsp3) is 0.200. The van der Waals surface area contributed by atoms with Gasteiger partial charge in [-0.25, -0.2) is 4.98 Å². The summed E-state index contributed by atoms with van der Waals surface area (Å²) in [4.78, 5) is 8.09. The van der Waals surface area contributed by atoms with E-state index in [-0.39, 0.29) is 0 Å². The number of imidazole rings is 1. The lowest BCUT2D eigenvalue weighted by molar-refractivity contribution is 0.768. The van der Waals surface area contributed by atoms with Crippen molar-refractivity contribution in [3.05, 3.63) is 37.1 Å². The first-order chi connectivity index (χ1) is 6.42. The van der Waals surface area contributed by atoms with Crippen LogP contribution in [0.4, 0.5) is 0 Å². The van der Waals surface area contributed by atoms with Crippen LogP contribution in [0.15, 0.2) is 37.1 Å². The van der Waals surface area contributed by atoms with E-state index < -0.39 is 0 Å². The zero-order chi connectivity index (χ0) is 9.10. The predicted octanol–water partition coefficient (Wildman–Crippen LogP) is 1.96. The average Bonchev–Trinajstić information content (AvgIpc) is 2.67. The van der Waals surface area contributed by atoms with Crippen LogP contribution in [0.2, 0.25) is 0 Å². The van der Waals surface area contributed by atoms with Crippen molar-refractivity contribution >= 4 is 0 Å². The molecule has 0 spiro atoms. The second-order valence-corrected chi connectivity index (χ2v) is 2.80. The molecule has 2 heterocycles. The summed E-state index contributed by atoms with van der Waals surface area (Å²) in [6, 6.07) is 3.98. The second-order valence-electron chi connectivity index (χ2n) is 2.80. The molecule has 0 unspecified atom stereocenters. The van der Waals surface area contributed by atoms with Gasteiger partial charge in [0.25, 0.3) is 0 Å². The summed E-state index contributed by atoms with van der Waals surface area (Å²) < 4.78 is 2.11. The lowest BCUT2D eigenvalue weighted by atomic mass is 10.2. The van der Waals surface area contributed by atoms with Crippen molar-refractivity contribution < 1.29 is 0 Å². The molecule has 0 bridgehead atoms. The van der Waals surface area contributed by atoms with Gasteiger partial charge >= 0.3 is 0 Å². The highest BCUT2D eigenvalue weighted by molar-refractivity contribution is 5.57. The molecule has 0 saturated carbocycles. The van der Waals surface area contributed by atoms with Crippen LogP contribution in [0, 0.1) is 0 Å². The summed E-state index contributed by atoms with van der Waals surface area (Å²) in [5.41, 5.74) is 2.30. The van der Waals surface area contributed by atoms with Crippen LogP contribution in [0.3, 0.4) is 0 Å². The Bertz CT molecular complexity index is 378. The van der Waals surface area contributed by atoms with Gasteiger partial charge in [-0.2, -0.15) is 0 Å². The van der Waals surface area contributed by atoms with E-state index in [1.54, 1.807) is 12.4 Å². The molecule has 0 aliphatic heterocycles. The second kappa shape index (κ2) is 3.39. The normalized spacial score (nSPS) is 10.2. The number of hydrogen-bond acceptors (Lipinski definition) is 2. The van der Waals surface area contributed by atoms with Crippen LogP contribution in [0.5, 0.6) is 0 Å². The van der Waals surface area contributed by atoms with Crippen LogP contribution in [0.1, 0.15) is 6.92 Å². The Morgan fingerprint density at radius 1 is 1.23 bits per heavy atom. The highest BCUT2D eigenvalue weighted by atomic mass is 15.0. The molecule has 0 fully saturated rings. The fourth-order valence-electron chi connectivity index (χ4n) is 1.34. The third kappa shape index (κ3) is 1.45. The van der Waals surface area contributed by atoms with E-state index in [0.717, 1.165) is 17.8 Å². The van der Waals surface area contributed by atoms with E-state index in [0.29, 0.717) is 0 Å². The lowest BCUT2D eigenvalue weighted by Crippen LogP contribution is -1.94. The van der Waals surface area contributed by atoms with Crippen molar-refractivity contribution in [3.63, 3.8) is 0 Å². The molecule has 2 aromatic heterocycles. The summed E-state index contributed by atoms with van der Waals surface area (Å²) in [5.74, 6) is 0. The molecule has 66 valence electrons. The van der Waals surface area contributed by atoms with Gasteiger partial charge in [-0.15, -0.1) is 0 Å². The molecule has 3 nitrogen and oxygen atoms in total. The van der Waals surface area contributed by atoms with Gasteiger partial charge in [0.2, 0.25) is 0 Å². The first-order valence-corrected chi connectivity index (χ1v) is 4.32. The summed E-state index contributed by atoms with van der Waals surface area (Å²) >= 11 is 0. The van der Waals surface area contributed by atoms with E-state index in [1.165, 1.54) is 0 Å². The number of aromatic nitrogens is 3. The van der Waals surface area contributed by atoms with Crippen molar-refractivity contribution in [1.82, 2.24) is 14.5 Å². The highest BCUT2D eigenvalue weighted by Gasteiger charge is 2.01. The largest absolute Gasteiger partial charge is 0.331 e. The van der Waals surface area contributed by atoms with Gasteiger partial charge in [0.1, 0.15) is 0 Å². The Labute approximate surface area is 77.1 Å². The maximum absolute atomic E-state index is 4.11. The number of hydrogen-bond donors (Lipinski definition) is 0. The van der Waals surface area contributed by atoms with Crippen LogP contribution in [-0.4, -0.2) is 14.5 Å². The van der Waals surface area contributed by atoms with Gasteiger partial charge < -0.3 is 4.57 Å². The summed E-state index contributed by atoms with van der Waals surface area (Å²) in [7, 11) is 0. The first kappa shape index (κ1) is 7.98. The Hall–Kier alpha value is -1.64. The van der Waals surface area contributed by atoms with Gasteiger partial charge in [0.05, 0.1) is 18.2 Å². The van der Waals surface area contributed by atoms with Crippen LogP contribution < -0.4 is 0 Å². The predicted molar refractivity (Wildman–Crippen MR) is 51.1 cm³/mol. The van der Waals surface area contributed by atoms with Crippen LogP contribution in [-0.2, 0) is 6.54 Å². The SMILES string of the molecule is CCn1cncc1-c1ccncc1. The Balaban J connectivity index is 2.47. The Kier molecular flexibility index (Phi) is 2.08. The number of nitrogens with zero attached hydrogens (tertiary/aromatic N) is 3. The maximum atomic E-state index is 4.11. The van der Waals surface area contributed by atoms with Gasteiger partial charge in [0, 0.05) is 24.5 Å². The summed E-state index contributed by atoms with van der Waals surface area (Å²) in [5, 5.41) is 0. The van der Waals surface area contributed by atoms with Crippen LogP contribution >= 0.6 is 0 Å². The molecule has 0 aliphatic rings. The number of rotatable bonds is 2. The fourth-order valence-corrected chi connectivity index (χ4v) is 1.34. The quantitative estimate of drug-likeness (QED) is 0.695. The zero-order valence-electron chi connectivity index (χ0n) is 7.51. The minimum atomic E-state index is 0.942. The summed E-state index contributed by atoms with van der Waals surface area (Å²) in [6.07, 6.45) is 7.30. The van der Waals surface area contributed by atoms with E-state index >= 15 is 0 Å². The van der Waals surface area contributed by atoms with Crippen molar-refractivity contribution in [2.45, 2.75) is 13.5 Å². The van der Waals surface area contributed by atoms with E-state index in [9.17, 15) is 0 Å². The molecule has 0 saturated heterocycles. The van der Waals surface area contributed by atoms with Gasteiger partial charge in [0.15, 0.2) is 0 Å². The van der Waals surface area contributed by atoms with E-state index in [1.807, 2.05) is 24.7 Å². The van der Waals surface area contributed by atoms with Crippen molar-refractivity contribution in [2.24, 2.45) is 0 Å². The monoisotopic (exact) mass is 173 g/mol. The van der Waals surface area contributed by atoms with E-state index in [2.05, 4.69) is 21.5 Å². The van der Waals surface area contributed by atoms with Crippen LogP contribution in [0.25, 0.3) is 11.3 Å². The minimum absolute atomic E-state index is 0.942. The molecule has 0 aliphatic carbocycles. The third-order valence-electron chi connectivity index (χ3n) is 2.03.